The van der Waals surface area contributed by atoms with E-state index in [1.807, 2.05) is 48.5 Å². The Hall–Kier alpha value is -3.95. The molecule has 0 bridgehead atoms. The maximum absolute atomic E-state index is 13.2. The molecule has 0 atom stereocenters. The Morgan fingerprint density at radius 1 is 0.944 bits per heavy atom. The number of hydrogen-bond acceptors (Lipinski definition) is 6. The second-order valence-electron chi connectivity index (χ2n) is 8.15. The van der Waals surface area contributed by atoms with Crippen LogP contribution in [0.25, 0.3) is 10.4 Å². The number of esters is 1. The Morgan fingerprint density at radius 2 is 1.64 bits per heavy atom. The van der Waals surface area contributed by atoms with Gasteiger partial charge >= 0.3 is 5.97 Å². The lowest BCUT2D eigenvalue weighted by Crippen LogP contribution is -2.29. The molecule has 7 nitrogen and oxygen atoms in total. The number of thiophene rings is 1. The quantitative estimate of drug-likeness (QED) is 0.354. The Labute approximate surface area is 213 Å². The van der Waals surface area contributed by atoms with Crippen LogP contribution in [0.5, 0.6) is 0 Å². The lowest BCUT2D eigenvalue weighted by atomic mass is 10.2. The third-order valence-electron chi connectivity index (χ3n) is 5.96. The monoisotopic (exact) mass is 518 g/mol. The summed E-state index contributed by atoms with van der Waals surface area (Å²) in [6.07, 6.45) is 0.657. The van der Waals surface area contributed by atoms with Crippen LogP contribution in [-0.4, -0.2) is 33.9 Å². The molecule has 3 aromatic carbocycles. The van der Waals surface area contributed by atoms with Gasteiger partial charge in [0.15, 0.2) is 0 Å². The summed E-state index contributed by atoms with van der Waals surface area (Å²) < 4.78 is 32.8. The van der Waals surface area contributed by atoms with Crippen LogP contribution in [0.3, 0.4) is 0 Å². The number of methoxy groups -OCH3 is 1. The van der Waals surface area contributed by atoms with Crippen LogP contribution in [0.1, 0.15) is 25.6 Å². The molecule has 1 N–H and O–H groups in total. The van der Waals surface area contributed by atoms with Gasteiger partial charge in [0.2, 0.25) is 0 Å². The van der Waals surface area contributed by atoms with Crippen molar-refractivity contribution >= 4 is 44.6 Å². The Kier molecular flexibility index (Phi) is 6.34. The molecule has 0 unspecified atom stereocenters. The topological polar surface area (TPSA) is 92.8 Å². The molecule has 4 aromatic rings. The second-order valence-corrected chi connectivity index (χ2v) is 11.1. The van der Waals surface area contributed by atoms with Gasteiger partial charge in [-0.15, -0.1) is 11.3 Å². The van der Waals surface area contributed by atoms with Crippen LogP contribution in [0.2, 0.25) is 0 Å². The number of rotatable bonds is 6. The first-order chi connectivity index (χ1) is 17.4. The van der Waals surface area contributed by atoms with E-state index in [1.54, 1.807) is 12.1 Å². The molecule has 36 heavy (non-hydrogen) atoms. The van der Waals surface area contributed by atoms with Crippen molar-refractivity contribution in [3.8, 4) is 10.4 Å². The molecule has 0 spiro atoms. The molecule has 1 amide bonds. The number of para-hydroxylation sites is 1. The van der Waals surface area contributed by atoms with E-state index in [0.717, 1.165) is 16.0 Å². The largest absolute Gasteiger partial charge is 0.465 e. The van der Waals surface area contributed by atoms with Gasteiger partial charge in [0.1, 0.15) is 4.88 Å². The average molecular weight is 519 g/mol. The highest BCUT2D eigenvalue weighted by Crippen LogP contribution is 2.36. The lowest BCUT2D eigenvalue weighted by Gasteiger charge is -2.19. The zero-order valence-corrected chi connectivity index (χ0v) is 20.9. The molecule has 0 fully saturated rings. The standard InChI is InChI=1S/C27H22N2O5S2/c1-34-27(31)25-22(17-24(35-25)19-8-3-2-4-9-19)28-26(30)20-11-13-21(14-12-20)36(32,33)29-16-15-18-7-5-6-10-23(18)29/h2-14,17H,15-16H2,1H3,(H,28,30). The van der Waals surface area contributed by atoms with Crippen LogP contribution in [0.15, 0.2) is 89.8 Å². The highest BCUT2D eigenvalue weighted by Gasteiger charge is 2.30. The predicted octanol–water partition coefficient (Wildman–Crippen LogP) is 5.21. The van der Waals surface area contributed by atoms with Crippen molar-refractivity contribution in [1.29, 1.82) is 0 Å². The van der Waals surface area contributed by atoms with Crippen molar-refractivity contribution < 1.29 is 22.7 Å². The molecule has 2 heterocycles. The Balaban J connectivity index is 1.38. The minimum atomic E-state index is -3.76. The van der Waals surface area contributed by atoms with Gasteiger partial charge in [-0.3, -0.25) is 9.10 Å². The van der Waals surface area contributed by atoms with E-state index >= 15 is 0 Å². The van der Waals surface area contributed by atoms with E-state index in [-0.39, 0.29) is 15.3 Å². The molecule has 0 saturated carbocycles. The second kappa shape index (κ2) is 9.60. The number of sulfonamides is 1. The van der Waals surface area contributed by atoms with Crippen molar-refractivity contribution in [2.24, 2.45) is 0 Å². The third-order valence-corrected chi connectivity index (χ3v) is 8.95. The molecule has 0 saturated heterocycles. The predicted molar refractivity (Wildman–Crippen MR) is 140 cm³/mol. The normalized spacial score (nSPS) is 12.8. The average Bonchev–Trinajstić information content (AvgIpc) is 3.54. The van der Waals surface area contributed by atoms with E-state index in [4.69, 9.17) is 4.74 Å². The first kappa shape index (κ1) is 23.8. The number of carbonyl (C=O) groups excluding carboxylic acids is 2. The first-order valence-electron chi connectivity index (χ1n) is 11.2. The fourth-order valence-corrected chi connectivity index (χ4v) is 6.67. The summed E-state index contributed by atoms with van der Waals surface area (Å²) in [4.78, 5) is 26.5. The molecular weight excluding hydrogens is 496 g/mol. The summed E-state index contributed by atoms with van der Waals surface area (Å²) in [6.45, 7) is 0.377. The minimum absolute atomic E-state index is 0.105. The maximum Gasteiger partial charge on any atom is 0.350 e. The van der Waals surface area contributed by atoms with E-state index in [1.165, 1.54) is 47.0 Å². The van der Waals surface area contributed by atoms with Gasteiger partial charge in [-0.2, -0.15) is 0 Å². The molecule has 9 heteroatoms. The van der Waals surface area contributed by atoms with Crippen molar-refractivity contribution in [3.05, 3.63) is 101 Å². The Bertz CT molecular complexity index is 1540. The zero-order valence-electron chi connectivity index (χ0n) is 19.3. The number of ether oxygens (including phenoxy) is 1. The van der Waals surface area contributed by atoms with E-state index in [0.29, 0.717) is 24.3 Å². The Morgan fingerprint density at radius 3 is 2.36 bits per heavy atom. The summed E-state index contributed by atoms with van der Waals surface area (Å²) in [5, 5.41) is 2.77. The van der Waals surface area contributed by atoms with E-state index in [2.05, 4.69) is 5.32 Å². The van der Waals surface area contributed by atoms with Gasteiger partial charge in [0.25, 0.3) is 15.9 Å². The summed E-state index contributed by atoms with van der Waals surface area (Å²) in [6, 6.07) is 24.4. The van der Waals surface area contributed by atoms with Gasteiger partial charge < -0.3 is 10.1 Å². The van der Waals surface area contributed by atoms with Crippen LogP contribution in [0, 0.1) is 0 Å². The van der Waals surface area contributed by atoms with Crippen LogP contribution < -0.4 is 9.62 Å². The molecule has 1 aromatic heterocycles. The van der Waals surface area contributed by atoms with Gasteiger partial charge in [0, 0.05) is 17.0 Å². The molecule has 0 aliphatic carbocycles. The van der Waals surface area contributed by atoms with Crippen molar-refractivity contribution in [1.82, 2.24) is 0 Å². The number of nitrogens with zero attached hydrogens (tertiary/aromatic N) is 1. The molecule has 182 valence electrons. The van der Waals surface area contributed by atoms with Crippen molar-refractivity contribution in [2.75, 3.05) is 23.3 Å². The fraction of sp³-hybridized carbons (Fsp3) is 0.111. The molecule has 1 aliphatic rings. The highest BCUT2D eigenvalue weighted by molar-refractivity contribution is 7.92. The number of benzene rings is 3. The summed E-state index contributed by atoms with van der Waals surface area (Å²) in [7, 11) is -2.47. The third kappa shape index (κ3) is 4.38. The van der Waals surface area contributed by atoms with Crippen LogP contribution >= 0.6 is 11.3 Å². The van der Waals surface area contributed by atoms with Crippen LogP contribution in [0.4, 0.5) is 11.4 Å². The first-order valence-corrected chi connectivity index (χ1v) is 13.4. The van der Waals surface area contributed by atoms with E-state index < -0.39 is 21.9 Å². The van der Waals surface area contributed by atoms with Crippen LogP contribution in [-0.2, 0) is 21.2 Å². The zero-order chi connectivity index (χ0) is 25.3. The van der Waals surface area contributed by atoms with Gasteiger partial charge in [-0.05, 0) is 53.9 Å². The molecular formula is C27H22N2O5S2. The number of anilines is 2. The smallest absolute Gasteiger partial charge is 0.350 e. The molecule has 5 rings (SSSR count). The van der Waals surface area contributed by atoms with Gasteiger partial charge in [-0.1, -0.05) is 48.5 Å². The number of nitrogens with one attached hydrogen (secondary N) is 1. The summed E-state index contributed by atoms with van der Waals surface area (Å²) in [5.74, 6) is -1.02. The van der Waals surface area contributed by atoms with Gasteiger partial charge in [0.05, 0.1) is 23.4 Å². The molecule has 0 radical (unpaired) electrons. The SMILES string of the molecule is COC(=O)c1sc(-c2ccccc2)cc1NC(=O)c1ccc(S(=O)(=O)N2CCc3ccccc32)cc1. The maximum atomic E-state index is 13.2. The van der Waals surface area contributed by atoms with Crippen molar-refractivity contribution in [2.45, 2.75) is 11.3 Å². The number of amides is 1. The van der Waals surface area contributed by atoms with Crippen molar-refractivity contribution in [3.63, 3.8) is 0 Å². The molecule has 1 aliphatic heterocycles. The van der Waals surface area contributed by atoms with Gasteiger partial charge in [-0.25, -0.2) is 13.2 Å². The number of hydrogen-bond donors (Lipinski definition) is 1. The highest BCUT2D eigenvalue weighted by atomic mass is 32.2. The summed E-state index contributed by atoms with van der Waals surface area (Å²) in [5.41, 5.74) is 3.18. The fourth-order valence-electron chi connectivity index (χ4n) is 4.13. The number of fused-ring (bicyclic) bond motifs is 1. The van der Waals surface area contributed by atoms with E-state index in [9.17, 15) is 18.0 Å². The number of carbonyl (C=O) groups is 2. The minimum Gasteiger partial charge on any atom is -0.465 e. The lowest BCUT2D eigenvalue weighted by molar-refractivity contribution is 0.0607. The summed E-state index contributed by atoms with van der Waals surface area (Å²) >= 11 is 1.22.